The van der Waals surface area contributed by atoms with E-state index in [0.29, 0.717) is 0 Å². The Labute approximate surface area is 269 Å². The third-order valence-corrected chi connectivity index (χ3v) is 10.3. The van der Waals surface area contributed by atoms with Crippen LogP contribution in [0.25, 0.3) is 21.5 Å². The molecule has 7 aromatic rings. The molecule has 5 aromatic carbocycles. The van der Waals surface area contributed by atoms with Crippen LogP contribution in [0.1, 0.15) is 49.9 Å². The molecule has 0 aliphatic carbocycles. The highest BCUT2D eigenvalue weighted by atomic mass is 15.2. The van der Waals surface area contributed by atoms with Crippen molar-refractivity contribution in [3.05, 3.63) is 156 Å². The smallest absolute Gasteiger partial charge is 0.146 e. The van der Waals surface area contributed by atoms with Crippen molar-refractivity contribution >= 4 is 55.9 Å². The zero-order valence-electron chi connectivity index (χ0n) is 26.5. The third kappa shape index (κ3) is 3.61. The lowest BCUT2D eigenvalue weighted by atomic mass is 9.66. The molecule has 0 atom stereocenters. The van der Waals surface area contributed by atoms with Crippen molar-refractivity contribution in [1.29, 1.82) is 0 Å². The van der Waals surface area contributed by atoms with Crippen molar-refractivity contribution in [2.75, 3.05) is 9.80 Å². The molecule has 0 amide bonds. The van der Waals surface area contributed by atoms with Gasteiger partial charge in [-0.1, -0.05) is 113 Å². The Morgan fingerprint density at radius 1 is 0.500 bits per heavy atom. The van der Waals surface area contributed by atoms with Gasteiger partial charge in [0.05, 0.1) is 17.1 Å². The first-order valence-corrected chi connectivity index (χ1v) is 16.0. The van der Waals surface area contributed by atoms with Gasteiger partial charge in [0.25, 0.3) is 0 Å². The molecule has 46 heavy (non-hydrogen) atoms. The van der Waals surface area contributed by atoms with E-state index < -0.39 is 0 Å². The molecule has 4 nitrogen and oxygen atoms in total. The fraction of sp³-hybridized carbons (Fsp3) is 0.143. The van der Waals surface area contributed by atoms with Crippen LogP contribution >= 0.6 is 0 Å². The Morgan fingerprint density at radius 3 is 1.67 bits per heavy atom. The van der Waals surface area contributed by atoms with Gasteiger partial charge in [0.1, 0.15) is 11.6 Å². The topological polar surface area (TPSA) is 32.3 Å². The molecule has 9 rings (SSSR count). The van der Waals surface area contributed by atoms with E-state index in [4.69, 9.17) is 9.97 Å². The number of benzene rings is 5. The second-order valence-corrected chi connectivity index (χ2v) is 13.6. The van der Waals surface area contributed by atoms with Gasteiger partial charge in [-0.25, -0.2) is 9.97 Å². The molecule has 4 heterocycles. The molecule has 2 aliphatic rings. The van der Waals surface area contributed by atoms with E-state index in [0.717, 1.165) is 38.9 Å². The summed E-state index contributed by atoms with van der Waals surface area (Å²) in [7, 11) is 0. The lowest BCUT2D eigenvalue weighted by Gasteiger charge is -2.49. The summed E-state index contributed by atoms with van der Waals surface area (Å²) in [5.41, 5.74) is 9.79. The van der Waals surface area contributed by atoms with E-state index in [-0.39, 0.29) is 10.8 Å². The van der Waals surface area contributed by atoms with Crippen LogP contribution in [-0.2, 0) is 10.8 Å². The van der Waals surface area contributed by atoms with E-state index in [1.165, 1.54) is 39.3 Å². The van der Waals surface area contributed by atoms with Gasteiger partial charge in [-0.3, -0.25) is 4.90 Å². The normalized spacial score (nSPS) is 15.3. The maximum atomic E-state index is 5.02. The summed E-state index contributed by atoms with van der Waals surface area (Å²) in [6.45, 7) is 9.45. The zero-order valence-corrected chi connectivity index (χ0v) is 26.5. The number of fused-ring (bicyclic) bond motifs is 6. The van der Waals surface area contributed by atoms with Gasteiger partial charge in [0, 0.05) is 39.7 Å². The molecule has 0 spiro atoms. The Hall–Kier alpha value is -5.48. The molecule has 222 valence electrons. The number of rotatable bonds is 3. The molecule has 0 bridgehead atoms. The van der Waals surface area contributed by atoms with Crippen LogP contribution in [0, 0.1) is 0 Å². The molecule has 0 N–H and O–H groups in total. The van der Waals surface area contributed by atoms with E-state index in [2.05, 4.69) is 159 Å². The molecular formula is C42H34N4. The Kier molecular flexibility index (Phi) is 5.56. The number of anilines is 6. The summed E-state index contributed by atoms with van der Waals surface area (Å²) in [4.78, 5) is 14.8. The van der Waals surface area contributed by atoms with Crippen molar-refractivity contribution < 1.29 is 0 Å². The van der Waals surface area contributed by atoms with Crippen LogP contribution in [0.4, 0.5) is 34.4 Å². The van der Waals surface area contributed by atoms with Gasteiger partial charge in [-0.05, 0) is 69.4 Å². The van der Waals surface area contributed by atoms with E-state index in [9.17, 15) is 0 Å². The predicted molar refractivity (Wildman–Crippen MR) is 191 cm³/mol. The highest BCUT2D eigenvalue weighted by Gasteiger charge is 2.45. The lowest BCUT2D eigenvalue weighted by Crippen LogP contribution is -2.38. The second-order valence-electron chi connectivity index (χ2n) is 13.6. The van der Waals surface area contributed by atoms with Crippen LogP contribution in [-0.4, -0.2) is 9.97 Å². The summed E-state index contributed by atoms with van der Waals surface area (Å²) < 4.78 is 0. The minimum absolute atomic E-state index is 0.108. The Bertz CT molecular complexity index is 2260. The fourth-order valence-electron chi connectivity index (χ4n) is 7.92. The first kappa shape index (κ1) is 26.9. The zero-order chi connectivity index (χ0) is 31.2. The van der Waals surface area contributed by atoms with Crippen LogP contribution in [0.3, 0.4) is 0 Å². The van der Waals surface area contributed by atoms with E-state index >= 15 is 0 Å². The standard InChI is InChI=1S/C42H34N4/c1-41(2)32-16-9-10-19-36(32)46-37-21-20-29(26-35(37)42(3,4)34-18-11-17-33(41)38(34)46)45(39-30-14-7-5-12-27(30)22-24-43-39)40-31-15-8-6-13-28(31)23-25-44-40/h5-26H,1-4H3. The van der Waals surface area contributed by atoms with Crippen molar-refractivity contribution in [3.63, 3.8) is 0 Å². The van der Waals surface area contributed by atoms with E-state index in [1.807, 2.05) is 12.4 Å². The SMILES string of the molecule is CC1(C)c2ccccc2N2c3ccc(N(c4nccc5ccccc45)c4nccc5ccccc45)cc3C(C)(C)c3cccc1c32. The molecular weight excluding hydrogens is 560 g/mol. The molecule has 0 fully saturated rings. The number of hydrogen-bond donors (Lipinski definition) is 0. The average Bonchev–Trinajstić information content (AvgIpc) is 3.08. The predicted octanol–water partition coefficient (Wildman–Crippen LogP) is 11.0. The number of hydrogen-bond acceptors (Lipinski definition) is 4. The Morgan fingerprint density at radius 2 is 1.02 bits per heavy atom. The molecule has 4 heteroatoms. The summed E-state index contributed by atoms with van der Waals surface area (Å²) in [5.74, 6) is 1.73. The fourth-order valence-corrected chi connectivity index (χ4v) is 7.92. The van der Waals surface area contributed by atoms with Gasteiger partial charge in [0.15, 0.2) is 0 Å². The van der Waals surface area contributed by atoms with Gasteiger partial charge in [-0.2, -0.15) is 0 Å². The number of pyridine rings is 2. The molecule has 2 aliphatic heterocycles. The van der Waals surface area contributed by atoms with Gasteiger partial charge in [-0.15, -0.1) is 0 Å². The minimum Gasteiger partial charge on any atom is -0.309 e. The summed E-state index contributed by atoms with van der Waals surface area (Å²) >= 11 is 0. The van der Waals surface area contributed by atoms with Crippen LogP contribution in [0.2, 0.25) is 0 Å². The van der Waals surface area contributed by atoms with Crippen molar-refractivity contribution in [1.82, 2.24) is 9.97 Å². The molecule has 0 saturated heterocycles. The summed E-state index contributed by atoms with van der Waals surface area (Å²) in [6, 6.07) is 43.8. The number of para-hydroxylation sites is 2. The van der Waals surface area contributed by atoms with Crippen molar-refractivity contribution in [2.45, 2.75) is 38.5 Å². The summed E-state index contributed by atoms with van der Waals surface area (Å²) in [6.07, 6.45) is 3.81. The maximum absolute atomic E-state index is 5.02. The van der Waals surface area contributed by atoms with Crippen LogP contribution in [0.5, 0.6) is 0 Å². The van der Waals surface area contributed by atoms with Gasteiger partial charge in [0.2, 0.25) is 0 Å². The lowest BCUT2D eigenvalue weighted by molar-refractivity contribution is 0.597. The molecule has 0 radical (unpaired) electrons. The maximum Gasteiger partial charge on any atom is 0.146 e. The van der Waals surface area contributed by atoms with Crippen molar-refractivity contribution in [3.8, 4) is 0 Å². The van der Waals surface area contributed by atoms with Crippen LogP contribution in [0.15, 0.2) is 134 Å². The average molecular weight is 595 g/mol. The first-order chi connectivity index (χ1) is 22.4. The third-order valence-electron chi connectivity index (χ3n) is 10.3. The molecule has 0 unspecified atom stereocenters. The molecule has 0 saturated carbocycles. The van der Waals surface area contributed by atoms with Crippen LogP contribution < -0.4 is 9.80 Å². The highest BCUT2D eigenvalue weighted by molar-refractivity contribution is 6.02. The number of nitrogens with zero attached hydrogens (tertiary/aromatic N) is 4. The van der Waals surface area contributed by atoms with Gasteiger partial charge < -0.3 is 4.90 Å². The molecule has 2 aromatic heterocycles. The van der Waals surface area contributed by atoms with E-state index in [1.54, 1.807) is 0 Å². The quantitative estimate of drug-likeness (QED) is 0.204. The largest absolute Gasteiger partial charge is 0.309 e. The highest BCUT2D eigenvalue weighted by Crippen LogP contribution is 2.60. The monoisotopic (exact) mass is 594 g/mol. The minimum atomic E-state index is -0.250. The first-order valence-electron chi connectivity index (χ1n) is 16.0. The van der Waals surface area contributed by atoms with Gasteiger partial charge >= 0.3 is 0 Å². The van der Waals surface area contributed by atoms with Crippen molar-refractivity contribution in [2.24, 2.45) is 0 Å². The summed E-state index contributed by atoms with van der Waals surface area (Å²) in [5, 5.41) is 4.45. The number of aromatic nitrogens is 2. The Balaban J connectivity index is 1.33. The second kappa shape index (κ2) is 9.51.